The Hall–Kier alpha value is -2.35. The van der Waals surface area contributed by atoms with Crippen LogP contribution in [0.15, 0.2) is 24.3 Å². The molecular weight excluding hydrogens is 777 g/mol. The van der Waals surface area contributed by atoms with Gasteiger partial charge < -0.3 is 39.7 Å². The number of carbonyl (C=O) groups is 2. The third kappa shape index (κ3) is 18.1. The molecule has 2 aromatic rings. The highest BCUT2D eigenvalue weighted by Crippen LogP contribution is 2.37. The molecule has 2 saturated heterocycles. The number of pyridine rings is 2. The number of nitrogens with zero attached hydrogens (tertiary/aromatic N) is 6. The molecule has 2 amide bonds. The smallest absolute Gasteiger partial charge is 0.222 e. The number of piperazine rings is 2. The first-order valence-electron chi connectivity index (χ1n) is 19.3. The van der Waals surface area contributed by atoms with Gasteiger partial charge in [-0.1, -0.05) is 35.4 Å². The van der Waals surface area contributed by atoms with Crippen LogP contribution in [-0.4, -0.2) is 156 Å². The molecule has 2 fully saturated rings. The van der Waals surface area contributed by atoms with Crippen LogP contribution in [0.2, 0.25) is 0 Å². The second-order valence-corrected chi connectivity index (χ2v) is 19.5. The zero-order chi connectivity index (χ0) is 41.1. The Morgan fingerprint density at radius 3 is 1.34 bits per heavy atom. The van der Waals surface area contributed by atoms with E-state index in [1.807, 2.05) is 34.4 Å². The first-order valence-corrected chi connectivity index (χ1v) is 22.3. The number of ether oxygens (including phenoxy) is 2. The summed E-state index contributed by atoms with van der Waals surface area (Å²) in [4.78, 5) is 41.4. The van der Waals surface area contributed by atoms with Crippen molar-refractivity contribution in [2.45, 2.75) is 89.3 Å². The van der Waals surface area contributed by atoms with Gasteiger partial charge in [-0.25, -0.2) is 0 Å². The number of thiol groups is 1. The summed E-state index contributed by atoms with van der Waals surface area (Å²) < 4.78 is 11.5. The van der Waals surface area contributed by atoms with Crippen LogP contribution in [0.5, 0.6) is 11.5 Å². The van der Waals surface area contributed by atoms with Gasteiger partial charge in [-0.2, -0.15) is 12.6 Å². The van der Waals surface area contributed by atoms with Crippen LogP contribution in [0.4, 0.5) is 0 Å². The van der Waals surface area contributed by atoms with E-state index in [-0.39, 0.29) is 47.7 Å². The standard InChI is InChI=1S/C20H33N3O4S2.C19H31N3O4S/c1-20(2,29-28-3)5-4-19(26)23-8-6-22(7-9-23)10-11-27-18-12-16(14-24)21-17(13-18)15-25;1-19(2,27)4-3-18(25)22-7-5-21(6-8-22)9-10-26-17-11-15(13-23)20-16(12-17)14-24/h12-13,24-25H,4-11,14-15H2,1-3H3;11-12,23-24,27H,3-10,13-14H2,1-2H3. The van der Waals surface area contributed by atoms with E-state index in [1.54, 1.807) is 35.1 Å². The maximum absolute atomic E-state index is 12.5. The van der Waals surface area contributed by atoms with Crippen LogP contribution in [0.1, 0.15) is 76.2 Å². The predicted octanol–water partition coefficient (Wildman–Crippen LogP) is 3.24. The van der Waals surface area contributed by atoms with E-state index in [2.05, 4.69) is 52.5 Å². The number of rotatable bonds is 20. The average Bonchev–Trinajstić information content (AvgIpc) is 3.19. The minimum Gasteiger partial charge on any atom is -0.492 e. The molecule has 0 bridgehead atoms. The van der Waals surface area contributed by atoms with Crippen molar-refractivity contribution in [3.63, 3.8) is 0 Å². The zero-order valence-electron chi connectivity index (χ0n) is 33.8. The minimum atomic E-state index is -0.190. The first kappa shape index (κ1) is 48.0. The molecular formula is C39H64N6O8S3. The van der Waals surface area contributed by atoms with Crippen molar-refractivity contribution in [3.05, 3.63) is 47.0 Å². The predicted molar refractivity (Wildman–Crippen MR) is 226 cm³/mol. The van der Waals surface area contributed by atoms with Crippen LogP contribution in [-0.2, 0) is 36.0 Å². The molecule has 14 nitrogen and oxygen atoms in total. The lowest BCUT2D eigenvalue weighted by Crippen LogP contribution is -2.49. The van der Waals surface area contributed by atoms with Crippen molar-refractivity contribution in [2.75, 3.05) is 84.9 Å². The maximum Gasteiger partial charge on any atom is 0.222 e. The number of hydrogen-bond donors (Lipinski definition) is 5. The molecule has 4 N–H and O–H groups in total. The number of aliphatic hydroxyl groups excluding tert-OH is 4. The number of carbonyl (C=O) groups excluding carboxylic acids is 2. The Balaban J connectivity index is 0.000000301. The number of aromatic nitrogens is 2. The fourth-order valence-corrected chi connectivity index (χ4v) is 8.51. The Bertz CT molecular complexity index is 1440. The van der Waals surface area contributed by atoms with Crippen LogP contribution in [0, 0.1) is 0 Å². The first-order chi connectivity index (χ1) is 26.7. The zero-order valence-corrected chi connectivity index (χ0v) is 36.3. The summed E-state index contributed by atoms with van der Waals surface area (Å²) in [6.07, 6.45) is 4.89. The van der Waals surface area contributed by atoms with Gasteiger partial charge in [0.15, 0.2) is 0 Å². The molecule has 56 heavy (non-hydrogen) atoms. The molecule has 4 rings (SSSR count). The fraction of sp³-hybridized carbons (Fsp3) is 0.692. The Kier molecular flexibility index (Phi) is 21.0. The van der Waals surface area contributed by atoms with E-state index in [0.717, 1.165) is 78.3 Å². The molecule has 2 aliphatic rings. The van der Waals surface area contributed by atoms with Gasteiger partial charge in [-0.3, -0.25) is 29.4 Å². The molecule has 0 aromatic carbocycles. The second-order valence-electron chi connectivity index (χ2n) is 15.2. The molecule has 0 saturated carbocycles. The van der Waals surface area contributed by atoms with Crippen molar-refractivity contribution in [1.82, 2.24) is 29.6 Å². The maximum atomic E-state index is 12.5. The van der Waals surface area contributed by atoms with Crippen LogP contribution in [0.3, 0.4) is 0 Å². The summed E-state index contributed by atoms with van der Waals surface area (Å²) in [7, 11) is 3.58. The lowest BCUT2D eigenvalue weighted by molar-refractivity contribution is -0.134. The second kappa shape index (κ2) is 24.5. The molecule has 0 atom stereocenters. The SMILES string of the molecule is CC(C)(S)CCC(=O)N1CCN(CCOc2cc(CO)nc(CO)c2)CC1.CSSC(C)(C)CCC(=O)N1CCN(CCOc2cc(CO)nc(CO)c2)CC1. The van der Waals surface area contributed by atoms with E-state index < -0.39 is 0 Å². The highest BCUT2D eigenvalue weighted by molar-refractivity contribution is 8.76. The molecule has 4 heterocycles. The summed E-state index contributed by atoms with van der Waals surface area (Å²) in [5.74, 6) is 1.66. The highest BCUT2D eigenvalue weighted by atomic mass is 33.1. The van der Waals surface area contributed by atoms with Crippen molar-refractivity contribution in [1.29, 1.82) is 0 Å². The van der Waals surface area contributed by atoms with Crippen molar-refractivity contribution < 1.29 is 39.5 Å². The Labute approximate surface area is 346 Å². The topological polar surface area (TPSA) is 172 Å². The quantitative estimate of drug-likeness (QED) is 0.0973. The highest BCUT2D eigenvalue weighted by Gasteiger charge is 2.25. The fourth-order valence-electron chi connectivity index (χ4n) is 6.16. The molecule has 2 aliphatic heterocycles. The van der Waals surface area contributed by atoms with Gasteiger partial charge in [0.05, 0.1) is 49.2 Å². The van der Waals surface area contributed by atoms with Gasteiger partial charge in [0.2, 0.25) is 11.8 Å². The van der Waals surface area contributed by atoms with Gasteiger partial charge >= 0.3 is 0 Å². The molecule has 17 heteroatoms. The van der Waals surface area contributed by atoms with E-state index in [4.69, 9.17) is 9.47 Å². The molecule has 0 aliphatic carbocycles. The van der Waals surface area contributed by atoms with Crippen molar-refractivity contribution in [2.24, 2.45) is 0 Å². The molecule has 316 valence electrons. The van der Waals surface area contributed by atoms with Crippen molar-refractivity contribution in [3.8, 4) is 11.5 Å². The minimum absolute atomic E-state index is 0.117. The lowest BCUT2D eigenvalue weighted by Gasteiger charge is -2.35. The normalized spacial score (nSPS) is 15.7. The van der Waals surface area contributed by atoms with E-state index in [9.17, 15) is 30.0 Å². The van der Waals surface area contributed by atoms with Crippen molar-refractivity contribution >= 4 is 46.0 Å². The van der Waals surface area contributed by atoms with E-state index in [1.165, 1.54) is 0 Å². The molecule has 0 spiro atoms. The summed E-state index contributed by atoms with van der Waals surface area (Å²) >= 11 is 4.48. The molecule has 0 radical (unpaired) electrons. The van der Waals surface area contributed by atoms with Gasteiger partial charge in [0.25, 0.3) is 0 Å². The largest absolute Gasteiger partial charge is 0.492 e. The third-order valence-electron chi connectivity index (χ3n) is 9.46. The Morgan fingerprint density at radius 1 is 0.661 bits per heavy atom. The number of amides is 2. The van der Waals surface area contributed by atoms with Crippen LogP contribution < -0.4 is 9.47 Å². The third-order valence-corrected chi connectivity index (χ3v) is 12.4. The van der Waals surface area contributed by atoms with E-state index >= 15 is 0 Å². The Morgan fingerprint density at radius 2 is 1.02 bits per heavy atom. The molecule has 0 unspecified atom stereocenters. The monoisotopic (exact) mass is 840 g/mol. The van der Waals surface area contributed by atoms with Crippen LogP contribution in [0.25, 0.3) is 0 Å². The summed E-state index contributed by atoms with van der Waals surface area (Å²) in [6.45, 7) is 16.6. The van der Waals surface area contributed by atoms with Gasteiger partial charge in [0.1, 0.15) is 24.7 Å². The van der Waals surface area contributed by atoms with Gasteiger partial charge in [0, 0.05) is 112 Å². The average molecular weight is 841 g/mol. The van der Waals surface area contributed by atoms with Gasteiger partial charge in [-0.15, -0.1) is 0 Å². The van der Waals surface area contributed by atoms with Crippen LogP contribution >= 0.6 is 34.2 Å². The van der Waals surface area contributed by atoms with E-state index in [0.29, 0.717) is 60.3 Å². The summed E-state index contributed by atoms with van der Waals surface area (Å²) in [5.41, 5.74) is 1.93. The van der Waals surface area contributed by atoms with Gasteiger partial charge in [-0.05, 0) is 32.9 Å². The molecule has 2 aromatic heterocycles. The summed E-state index contributed by atoms with van der Waals surface area (Å²) in [5, 5.41) is 36.9. The number of aliphatic hydroxyl groups is 4. The summed E-state index contributed by atoms with van der Waals surface area (Å²) in [6, 6.07) is 6.73. The number of hydrogen-bond acceptors (Lipinski definition) is 15. The lowest BCUT2D eigenvalue weighted by atomic mass is 10.1.